The highest BCUT2D eigenvalue weighted by Crippen LogP contribution is 2.09. The van der Waals surface area contributed by atoms with Gasteiger partial charge in [-0.25, -0.2) is 0 Å². The van der Waals surface area contributed by atoms with E-state index in [2.05, 4.69) is 0 Å². The monoisotopic (exact) mass is 178 g/mol. The van der Waals surface area contributed by atoms with Gasteiger partial charge in [-0.1, -0.05) is 0 Å². The lowest BCUT2D eigenvalue weighted by Gasteiger charge is -2.00. The van der Waals surface area contributed by atoms with Gasteiger partial charge in [0.05, 0.1) is 20.3 Å². The minimum atomic E-state index is 0.394. The summed E-state index contributed by atoms with van der Waals surface area (Å²) in [5.41, 5.74) is 0. The second-order valence-corrected chi connectivity index (χ2v) is 3.35. The highest BCUT2D eigenvalue weighted by molar-refractivity contribution is 7.94. The van der Waals surface area contributed by atoms with Crippen molar-refractivity contribution in [3.05, 3.63) is 0 Å². The molecular weight excluding hydrogens is 164 g/mol. The predicted octanol–water partition coefficient (Wildman–Crippen LogP) is 1.09. The number of hydrogen-bond acceptors (Lipinski definition) is 4. The number of rotatable bonds is 7. The van der Waals surface area contributed by atoms with Crippen LogP contribution in [0.1, 0.15) is 6.42 Å². The second kappa shape index (κ2) is 5.83. The quantitative estimate of drug-likeness (QED) is 0.332. The zero-order valence-corrected chi connectivity index (χ0v) is 7.56. The third-order valence-electron chi connectivity index (χ3n) is 1.34. The summed E-state index contributed by atoms with van der Waals surface area (Å²) in [4.78, 5) is 0. The third-order valence-corrected chi connectivity index (χ3v) is 2.03. The molecule has 1 heterocycles. The number of hydrogen-bond donors (Lipinski definition) is 0. The van der Waals surface area contributed by atoms with E-state index >= 15 is 0 Å². The molecule has 1 aliphatic rings. The summed E-state index contributed by atoms with van der Waals surface area (Å²) < 4.78 is 15.1. The molecule has 0 N–H and O–H groups in total. The summed E-state index contributed by atoms with van der Waals surface area (Å²) >= 11 is 1.47. The van der Waals surface area contributed by atoms with Crippen LogP contribution in [0, 0.1) is 0 Å². The van der Waals surface area contributed by atoms with Gasteiger partial charge in [0.25, 0.3) is 0 Å². The van der Waals surface area contributed by atoms with Crippen molar-refractivity contribution in [1.29, 1.82) is 0 Å². The van der Waals surface area contributed by atoms with Gasteiger partial charge >= 0.3 is 0 Å². The zero-order valence-electron chi connectivity index (χ0n) is 6.75. The van der Waals surface area contributed by atoms with Crippen molar-refractivity contribution in [1.82, 2.24) is 0 Å². The lowest BCUT2D eigenvalue weighted by molar-refractivity contribution is 0.117. The Hall–Kier alpha value is 0.230. The van der Waals surface area contributed by atoms with Crippen LogP contribution in [0.25, 0.3) is 0 Å². The lowest BCUT2D eigenvalue weighted by atomic mass is 10.5. The molecule has 1 atom stereocenters. The fourth-order valence-corrected chi connectivity index (χ4v) is 1.08. The minimum absolute atomic E-state index is 0.394. The van der Waals surface area contributed by atoms with E-state index < -0.39 is 0 Å². The third kappa shape index (κ3) is 5.49. The van der Waals surface area contributed by atoms with Gasteiger partial charge in [-0.15, -0.1) is 0 Å². The average Bonchev–Trinajstić information content (AvgIpc) is 2.80. The average molecular weight is 178 g/mol. The molecule has 4 heteroatoms. The maximum Gasteiger partial charge on any atom is 0.104 e. The van der Waals surface area contributed by atoms with Crippen molar-refractivity contribution in [3.8, 4) is 0 Å². The van der Waals surface area contributed by atoms with Crippen LogP contribution in [0.2, 0.25) is 0 Å². The van der Waals surface area contributed by atoms with Crippen LogP contribution in [-0.4, -0.2) is 38.8 Å². The van der Waals surface area contributed by atoms with Crippen molar-refractivity contribution in [2.24, 2.45) is 0 Å². The summed E-state index contributed by atoms with van der Waals surface area (Å²) in [5, 5.41) is 0. The first-order chi connectivity index (χ1) is 5.43. The molecule has 1 fully saturated rings. The molecule has 0 aliphatic carbocycles. The summed E-state index contributed by atoms with van der Waals surface area (Å²) in [7, 11) is 1.68. The molecular formula is C7H14O3S. The summed E-state index contributed by atoms with van der Waals surface area (Å²) in [6.45, 7) is 2.46. The highest BCUT2D eigenvalue weighted by atomic mass is 32.2. The maximum absolute atomic E-state index is 5.31. The molecule has 0 radical (unpaired) electrons. The van der Waals surface area contributed by atoms with Gasteiger partial charge < -0.3 is 13.7 Å². The van der Waals surface area contributed by atoms with Crippen molar-refractivity contribution in [3.63, 3.8) is 0 Å². The van der Waals surface area contributed by atoms with Crippen molar-refractivity contribution in [2.75, 3.05) is 32.7 Å². The molecule has 66 valence electrons. The Kier molecular flexibility index (Phi) is 4.94. The van der Waals surface area contributed by atoms with Gasteiger partial charge in [-0.2, -0.15) is 0 Å². The largest absolute Gasteiger partial charge is 0.379 e. The van der Waals surface area contributed by atoms with Crippen LogP contribution in [0.15, 0.2) is 0 Å². The Labute approximate surface area is 71.6 Å². The number of ether oxygens (including phenoxy) is 2. The molecule has 0 saturated carbocycles. The molecule has 0 aromatic rings. The maximum atomic E-state index is 5.31. The van der Waals surface area contributed by atoms with Gasteiger partial charge in [-0.3, -0.25) is 0 Å². The molecule has 1 unspecified atom stereocenters. The normalized spacial score (nSPS) is 22.1. The Bertz CT molecular complexity index is 95.7. The molecule has 1 rings (SSSR count). The van der Waals surface area contributed by atoms with Gasteiger partial charge in [0.2, 0.25) is 0 Å². The fourth-order valence-electron chi connectivity index (χ4n) is 0.682. The minimum Gasteiger partial charge on any atom is -0.379 e. The lowest BCUT2D eigenvalue weighted by Crippen LogP contribution is -2.03. The van der Waals surface area contributed by atoms with E-state index in [1.165, 1.54) is 12.0 Å². The Balaban J connectivity index is 1.66. The van der Waals surface area contributed by atoms with Crippen LogP contribution in [0.3, 0.4) is 0 Å². The van der Waals surface area contributed by atoms with Crippen molar-refractivity contribution >= 4 is 12.0 Å². The van der Waals surface area contributed by atoms with Gasteiger partial charge in [0.15, 0.2) is 0 Å². The zero-order chi connectivity index (χ0) is 7.94. The molecule has 11 heavy (non-hydrogen) atoms. The molecule has 0 spiro atoms. The Morgan fingerprint density at radius 1 is 1.64 bits per heavy atom. The standard InChI is InChI=1S/C7H14O3S/c1-8-11-4-2-3-9-5-7-6-10-7/h7H,2-6H2,1H3. The first-order valence-corrected chi connectivity index (χ1v) is 4.69. The van der Waals surface area contributed by atoms with E-state index in [9.17, 15) is 0 Å². The summed E-state index contributed by atoms with van der Waals surface area (Å²) in [5.74, 6) is 1.00. The topological polar surface area (TPSA) is 31.0 Å². The first-order valence-electron chi connectivity index (χ1n) is 3.78. The van der Waals surface area contributed by atoms with Crippen molar-refractivity contribution in [2.45, 2.75) is 12.5 Å². The van der Waals surface area contributed by atoms with Crippen LogP contribution in [0.5, 0.6) is 0 Å². The van der Waals surface area contributed by atoms with E-state index in [1.54, 1.807) is 7.11 Å². The second-order valence-electron chi connectivity index (χ2n) is 2.37. The molecule has 1 saturated heterocycles. The van der Waals surface area contributed by atoms with Crippen LogP contribution < -0.4 is 0 Å². The Morgan fingerprint density at radius 3 is 3.09 bits per heavy atom. The van der Waals surface area contributed by atoms with Gasteiger partial charge in [0.1, 0.15) is 6.10 Å². The molecule has 1 aliphatic heterocycles. The summed E-state index contributed by atoms with van der Waals surface area (Å²) in [6, 6.07) is 0. The summed E-state index contributed by atoms with van der Waals surface area (Å²) in [6.07, 6.45) is 1.44. The van der Waals surface area contributed by atoms with E-state index in [-0.39, 0.29) is 0 Å². The highest BCUT2D eigenvalue weighted by Gasteiger charge is 2.21. The van der Waals surface area contributed by atoms with E-state index in [0.29, 0.717) is 6.10 Å². The number of epoxide rings is 1. The van der Waals surface area contributed by atoms with Crippen molar-refractivity contribution < 1.29 is 13.7 Å². The van der Waals surface area contributed by atoms with Gasteiger partial charge in [-0.05, 0) is 18.5 Å². The van der Waals surface area contributed by atoms with E-state index in [0.717, 1.165) is 32.0 Å². The van der Waals surface area contributed by atoms with Crippen LogP contribution >= 0.6 is 12.0 Å². The Morgan fingerprint density at radius 2 is 2.45 bits per heavy atom. The molecule has 0 aromatic carbocycles. The van der Waals surface area contributed by atoms with Gasteiger partial charge in [0, 0.05) is 12.4 Å². The van der Waals surface area contributed by atoms with Crippen LogP contribution in [0.4, 0.5) is 0 Å². The SMILES string of the molecule is COSCCCOCC1CO1. The predicted molar refractivity (Wildman–Crippen MR) is 44.6 cm³/mol. The first kappa shape index (κ1) is 9.32. The fraction of sp³-hybridized carbons (Fsp3) is 1.00. The molecule has 3 nitrogen and oxygen atoms in total. The van der Waals surface area contributed by atoms with E-state index in [4.69, 9.17) is 13.7 Å². The molecule has 0 bridgehead atoms. The smallest absolute Gasteiger partial charge is 0.104 e. The van der Waals surface area contributed by atoms with E-state index in [1.807, 2.05) is 0 Å². The molecule has 0 amide bonds. The molecule has 0 aromatic heterocycles. The van der Waals surface area contributed by atoms with Crippen LogP contribution in [-0.2, 0) is 13.7 Å².